The fraction of sp³-hybridized carbons (Fsp3) is 0.182. The molecule has 0 unspecified atom stereocenters. The standard InChI is InChI=1S/C22H19N3O2/c26-25(27)21-14-19-15-24-22(17-9-11-23-12-10-17)20(19)13-18(21)8-4-7-16-5-2-1-3-6-16/h1-3,5-6,9-14H,4,7-8,15H2. The molecule has 0 saturated heterocycles. The van der Waals surface area contributed by atoms with Crippen LogP contribution in [0.5, 0.6) is 0 Å². The zero-order valence-corrected chi connectivity index (χ0v) is 14.8. The van der Waals surface area contributed by atoms with Gasteiger partial charge in [0.15, 0.2) is 0 Å². The minimum absolute atomic E-state index is 0.202. The Kier molecular flexibility index (Phi) is 4.75. The van der Waals surface area contributed by atoms with Crippen LogP contribution in [0.15, 0.2) is 72.0 Å². The minimum Gasteiger partial charge on any atom is -0.279 e. The first-order valence-corrected chi connectivity index (χ1v) is 9.02. The zero-order valence-electron chi connectivity index (χ0n) is 14.8. The molecule has 1 aliphatic rings. The largest absolute Gasteiger partial charge is 0.279 e. The van der Waals surface area contributed by atoms with Crippen LogP contribution in [0.3, 0.4) is 0 Å². The Labute approximate surface area is 157 Å². The van der Waals surface area contributed by atoms with Gasteiger partial charge in [-0.2, -0.15) is 0 Å². The third kappa shape index (κ3) is 3.62. The van der Waals surface area contributed by atoms with E-state index in [1.807, 2.05) is 36.4 Å². The highest BCUT2D eigenvalue weighted by Gasteiger charge is 2.24. The summed E-state index contributed by atoms with van der Waals surface area (Å²) in [6.07, 6.45) is 5.91. The smallest absolute Gasteiger partial charge is 0.272 e. The first kappa shape index (κ1) is 17.1. The van der Waals surface area contributed by atoms with Gasteiger partial charge in [0.2, 0.25) is 0 Å². The molecule has 0 N–H and O–H groups in total. The van der Waals surface area contributed by atoms with Crippen molar-refractivity contribution in [3.8, 4) is 0 Å². The van der Waals surface area contributed by atoms with Crippen LogP contribution in [-0.4, -0.2) is 15.6 Å². The Morgan fingerprint density at radius 3 is 2.52 bits per heavy atom. The number of hydrogen-bond donors (Lipinski definition) is 0. The molecule has 3 aromatic rings. The molecule has 4 rings (SSSR count). The van der Waals surface area contributed by atoms with Crippen LogP contribution < -0.4 is 0 Å². The number of benzene rings is 2. The van der Waals surface area contributed by atoms with E-state index in [9.17, 15) is 10.1 Å². The predicted octanol–water partition coefficient (Wildman–Crippen LogP) is 4.52. The van der Waals surface area contributed by atoms with Crippen LogP contribution in [0, 0.1) is 10.1 Å². The van der Waals surface area contributed by atoms with E-state index >= 15 is 0 Å². The summed E-state index contributed by atoms with van der Waals surface area (Å²) < 4.78 is 0. The summed E-state index contributed by atoms with van der Waals surface area (Å²) in [6.45, 7) is 0.484. The van der Waals surface area contributed by atoms with E-state index in [1.54, 1.807) is 18.5 Å². The summed E-state index contributed by atoms with van der Waals surface area (Å²) >= 11 is 0. The predicted molar refractivity (Wildman–Crippen MR) is 105 cm³/mol. The highest BCUT2D eigenvalue weighted by atomic mass is 16.6. The molecule has 134 valence electrons. The average molecular weight is 357 g/mol. The fourth-order valence-corrected chi connectivity index (χ4v) is 3.53. The summed E-state index contributed by atoms with van der Waals surface area (Å²) in [5.41, 5.74) is 6.04. The monoisotopic (exact) mass is 357 g/mol. The molecule has 0 atom stereocenters. The van der Waals surface area contributed by atoms with E-state index in [1.165, 1.54) is 5.56 Å². The number of nitro groups is 1. The fourth-order valence-electron chi connectivity index (χ4n) is 3.53. The van der Waals surface area contributed by atoms with Crippen molar-refractivity contribution in [2.24, 2.45) is 4.99 Å². The molecule has 27 heavy (non-hydrogen) atoms. The van der Waals surface area contributed by atoms with Gasteiger partial charge in [0, 0.05) is 35.2 Å². The number of fused-ring (bicyclic) bond motifs is 1. The molecule has 0 radical (unpaired) electrons. The first-order valence-electron chi connectivity index (χ1n) is 9.02. The summed E-state index contributed by atoms with van der Waals surface area (Å²) in [5.74, 6) is 0. The van der Waals surface area contributed by atoms with E-state index in [-0.39, 0.29) is 10.6 Å². The second kappa shape index (κ2) is 7.50. The molecule has 1 aliphatic heterocycles. The van der Waals surface area contributed by atoms with Gasteiger partial charge in [-0.3, -0.25) is 20.1 Å². The molecule has 0 bridgehead atoms. The number of aryl methyl sites for hydroxylation is 2. The van der Waals surface area contributed by atoms with E-state index in [0.717, 1.165) is 40.8 Å². The highest BCUT2D eigenvalue weighted by Crippen LogP contribution is 2.31. The third-order valence-corrected chi connectivity index (χ3v) is 4.87. The lowest BCUT2D eigenvalue weighted by atomic mass is 9.94. The summed E-state index contributed by atoms with van der Waals surface area (Å²) in [7, 11) is 0. The Morgan fingerprint density at radius 1 is 1.00 bits per heavy atom. The molecule has 0 spiro atoms. The molecular weight excluding hydrogens is 338 g/mol. The van der Waals surface area contributed by atoms with Crippen molar-refractivity contribution in [1.29, 1.82) is 0 Å². The van der Waals surface area contributed by atoms with E-state index in [4.69, 9.17) is 0 Å². The van der Waals surface area contributed by atoms with Crippen LogP contribution in [0.1, 0.15) is 34.2 Å². The third-order valence-electron chi connectivity index (χ3n) is 4.87. The van der Waals surface area contributed by atoms with E-state index < -0.39 is 0 Å². The Balaban J connectivity index is 1.61. The Hall–Kier alpha value is -3.34. The van der Waals surface area contributed by atoms with Crippen LogP contribution in [0.25, 0.3) is 0 Å². The minimum atomic E-state index is -0.275. The normalized spacial score (nSPS) is 12.5. The molecule has 1 aromatic heterocycles. The number of hydrogen-bond acceptors (Lipinski definition) is 4. The van der Waals surface area contributed by atoms with Crippen molar-refractivity contribution in [3.63, 3.8) is 0 Å². The molecule has 5 heteroatoms. The van der Waals surface area contributed by atoms with Crippen LogP contribution in [0.4, 0.5) is 5.69 Å². The van der Waals surface area contributed by atoms with Gasteiger partial charge in [0.1, 0.15) is 0 Å². The molecule has 0 amide bonds. The first-order chi connectivity index (χ1) is 13.2. The number of rotatable bonds is 6. The van der Waals surface area contributed by atoms with Crippen molar-refractivity contribution in [1.82, 2.24) is 4.98 Å². The quantitative estimate of drug-likeness (QED) is 0.481. The SMILES string of the molecule is O=[N+]([O-])c1cc2c(cc1CCCc1ccccc1)C(c1ccncc1)=NC2. The number of aromatic nitrogens is 1. The number of aliphatic imine (C=N–C) groups is 1. The van der Waals surface area contributed by atoms with Gasteiger partial charge in [-0.1, -0.05) is 30.3 Å². The molecule has 5 nitrogen and oxygen atoms in total. The van der Waals surface area contributed by atoms with E-state index in [0.29, 0.717) is 13.0 Å². The van der Waals surface area contributed by atoms with Gasteiger partial charge in [-0.25, -0.2) is 0 Å². The molecule has 0 fully saturated rings. The summed E-state index contributed by atoms with van der Waals surface area (Å²) in [6, 6.07) is 17.7. The maximum absolute atomic E-state index is 11.6. The van der Waals surface area contributed by atoms with Crippen molar-refractivity contribution in [3.05, 3.63) is 105 Å². The molecule has 0 saturated carbocycles. The summed E-state index contributed by atoms with van der Waals surface area (Å²) in [4.78, 5) is 20.0. The maximum atomic E-state index is 11.6. The number of nitro benzene ring substituents is 1. The lowest BCUT2D eigenvalue weighted by molar-refractivity contribution is -0.385. The molecule has 2 heterocycles. The lowest BCUT2D eigenvalue weighted by Gasteiger charge is -2.09. The van der Waals surface area contributed by atoms with Gasteiger partial charge in [-0.05, 0) is 48.6 Å². The lowest BCUT2D eigenvalue weighted by Crippen LogP contribution is -2.05. The maximum Gasteiger partial charge on any atom is 0.272 e. The van der Waals surface area contributed by atoms with Gasteiger partial charge in [0.05, 0.1) is 17.2 Å². The second-order valence-electron chi connectivity index (χ2n) is 6.64. The topological polar surface area (TPSA) is 68.4 Å². The van der Waals surface area contributed by atoms with Gasteiger partial charge >= 0.3 is 0 Å². The van der Waals surface area contributed by atoms with Crippen LogP contribution in [0.2, 0.25) is 0 Å². The Bertz CT molecular complexity index is 999. The van der Waals surface area contributed by atoms with Gasteiger partial charge in [-0.15, -0.1) is 0 Å². The molecule has 0 aliphatic carbocycles. The average Bonchev–Trinajstić information content (AvgIpc) is 3.11. The second-order valence-corrected chi connectivity index (χ2v) is 6.64. The zero-order chi connectivity index (χ0) is 18.6. The Morgan fingerprint density at radius 2 is 1.78 bits per heavy atom. The van der Waals surface area contributed by atoms with Crippen molar-refractivity contribution in [2.75, 3.05) is 0 Å². The van der Waals surface area contributed by atoms with Gasteiger partial charge in [0.25, 0.3) is 5.69 Å². The van der Waals surface area contributed by atoms with Crippen molar-refractivity contribution < 1.29 is 4.92 Å². The number of pyridine rings is 1. The van der Waals surface area contributed by atoms with Crippen molar-refractivity contribution >= 4 is 11.4 Å². The van der Waals surface area contributed by atoms with Crippen molar-refractivity contribution in [2.45, 2.75) is 25.8 Å². The number of nitrogens with zero attached hydrogens (tertiary/aromatic N) is 3. The highest BCUT2D eigenvalue weighted by molar-refractivity contribution is 6.15. The molecular formula is C22H19N3O2. The van der Waals surface area contributed by atoms with Gasteiger partial charge < -0.3 is 0 Å². The summed E-state index contributed by atoms with van der Waals surface area (Å²) in [5, 5.41) is 11.6. The molecule has 2 aromatic carbocycles. The van der Waals surface area contributed by atoms with Crippen LogP contribution >= 0.6 is 0 Å². The van der Waals surface area contributed by atoms with E-state index in [2.05, 4.69) is 22.1 Å². The van der Waals surface area contributed by atoms with Crippen LogP contribution in [-0.2, 0) is 19.4 Å².